The minimum absolute atomic E-state index is 0.123. The lowest BCUT2D eigenvalue weighted by Crippen LogP contribution is -2.29. The van der Waals surface area contributed by atoms with Gasteiger partial charge in [-0.25, -0.2) is 17.5 Å². The van der Waals surface area contributed by atoms with E-state index in [0.29, 0.717) is 6.42 Å². The molecule has 17 heavy (non-hydrogen) atoms. The first-order valence-corrected chi connectivity index (χ1v) is 6.90. The van der Waals surface area contributed by atoms with E-state index in [4.69, 9.17) is 17.3 Å². The van der Waals surface area contributed by atoms with Crippen LogP contribution in [0.1, 0.15) is 13.3 Å². The van der Waals surface area contributed by atoms with Crippen LogP contribution in [0.3, 0.4) is 0 Å². The van der Waals surface area contributed by atoms with E-state index in [1.165, 1.54) is 12.1 Å². The summed E-state index contributed by atoms with van der Waals surface area (Å²) in [6, 6.07) is 3.71. The number of benzene rings is 1. The zero-order valence-corrected chi connectivity index (χ0v) is 10.9. The highest BCUT2D eigenvalue weighted by atomic mass is 35.5. The molecule has 1 atom stereocenters. The largest absolute Gasteiger partial charge is 0.328 e. The summed E-state index contributed by atoms with van der Waals surface area (Å²) in [4.78, 5) is -0.449. The highest BCUT2D eigenvalue weighted by Gasteiger charge is 2.20. The summed E-state index contributed by atoms with van der Waals surface area (Å²) in [7, 11) is -3.87. The maximum Gasteiger partial charge on any atom is 0.243 e. The lowest BCUT2D eigenvalue weighted by Gasteiger charge is -2.09. The van der Waals surface area contributed by atoms with Crippen molar-refractivity contribution in [3.05, 3.63) is 29.0 Å². The Morgan fingerprint density at radius 2 is 2.18 bits per heavy atom. The Balaban J connectivity index is 2.87. The third-order valence-corrected chi connectivity index (χ3v) is 3.87. The summed E-state index contributed by atoms with van der Waals surface area (Å²) in [6.45, 7) is 1.92. The normalized spacial score (nSPS) is 13.6. The van der Waals surface area contributed by atoms with Crippen LogP contribution in [0.4, 0.5) is 4.39 Å². The molecule has 0 aliphatic heterocycles. The predicted octanol–water partition coefficient (Wildman–Crippen LogP) is 1.49. The molecule has 0 aliphatic rings. The van der Waals surface area contributed by atoms with Gasteiger partial charge in [0.25, 0.3) is 0 Å². The molecular formula is C10H14ClFN2O2S. The Morgan fingerprint density at radius 3 is 2.76 bits per heavy atom. The molecule has 0 spiro atoms. The minimum atomic E-state index is -3.87. The third kappa shape index (κ3) is 3.92. The van der Waals surface area contributed by atoms with Gasteiger partial charge in [-0.1, -0.05) is 17.7 Å². The maximum atomic E-state index is 13.5. The van der Waals surface area contributed by atoms with Crippen LogP contribution in [-0.4, -0.2) is 21.0 Å². The quantitative estimate of drug-likeness (QED) is 0.858. The molecule has 96 valence electrons. The number of nitrogens with two attached hydrogens (primary N) is 1. The molecule has 1 aromatic carbocycles. The molecule has 0 fully saturated rings. The number of halogens is 2. The van der Waals surface area contributed by atoms with Gasteiger partial charge in [-0.05, 0) is 25.5 Å². The average Bonchev–Trinajstić information content (AvgIpc) is 2.21. The molecule has 7 heteroatoms. The lowest BCUT2D eigenvalue weighted by atomic mass is 10.3. The van der Waals surface area contributed by atoms with Gasteiger partial charge in [0, 0.05) is 12.6 Å². The van der Waals surface area contributed by atoms with E-state index in [0.717, 1.165) is 6.07 Å². The molecule has 0 aliphatic carbocycles. The molecule has 0 radical (unpaired) electrons. The number of rotatable bonds is 5. The van der Waals surface area contributed by atoms with Gasteiger partial charge < -0.3 is 5.73 Å². The topological polar surface area (TPSA) is 72.2 Å². The maximum absolute atomic E-state index is 13.5. The van der Waals surface area contributed by atoms with Crippen LogP contribution in [-0.2, 0) is 10.0 Å². The summed E-state index contributed by atoms with van der Waals surface area (Å²) >= 11 is 5.52. The Hall–Kier alpha value is -0.690. The highest BCUT2D eigenvalue weighted by molar-refractivity contribution is 7.89. The van der Waals surface area contributed by atoms with Crippen molar-refractivity contribution in [2.75, 3.05) is 6.54 Å². The van der Waals surface area contributed by atoms with Gasteiger partial charge in [0.15, 0.2) is 5.82 Å². The first kappa shape index (κ1) is 14.4. The van der Waals surface area contributed by atoms with Crippen LogP contribution >= 0.6 is 11.6 Å². The molecule has 0 aromatic heterocycles. The van der Waals surface area contributed by atoms with E-state index in [1.807, 2.05) is 0 Å². The molecule has 0 bridgehead atoms. The second-order valence-electron chi connectivity index (χ2n) is 3.72. The van der Waals surface area contributed by atoms with Gasteiger partial charge in [0.2, 0.25) is 10.0 Å². The molecule has 1 rings (SSSR count). The SMILES string of the molecule is C[C@@H](N)CCNS(=O)(=O)c1cccc(Cl)c1F. The van der Waals surface area contributed by atoms with Crippen molar-refractivity contribution in [1.29, 1.82) is 0 Å². The van der Waals surface area contributed by atoms with Crippen LogP contribution in [0.15, 0.2) is 23.1 Å². The summed E-state index contributed by atoms with van der Waals surface area (Å²) in [6.07, 6.45) is 0.474. The Kier molecular flexibility index (Phi) is 4.88. The van der Waals surface area contributed by atoms with E-state index in [9.17, 15) is 12.8 Å². The Bertz CT molecular complexity index is 491. The second-order valence-corrected chi connectivity index (χ2v) is 5.86. The van der Waals surface area contributed by atoms with Crippen LogP contribution in [0, 0.1) is 5.82 Å². The van der Waals surface area contributed by atoms with Crippen LogP contribution in [0.25, 0.3) is 0 Å². The van der Waals surface area contributed by atoms with E-state index in [-0.39, 0.29) is 17.6 Å². The summed E-state index contributed by atoms with van der Waals surface area (Å²) in [5.41, 5.74) is 5.48. The van der Waals surface area contributed by atoms with Gasteiger partial charge in [-0.2, -0.15) is 0 Å². The van der Waals surface area contributed by atoms with Crippen molar-refractivity contribution in [3.8, 4) is 0 Å². The molecule has 0 amide bonds. The molecule has 0 saturated heterocycles. The van der Waals surface area contributed by atoms with Gasteiger partial charge >= 0.3 is 0 Å². The van der Waals surface area contributed by atoms with E-state index >= 15 is 0 Å². The van der Waals surface area contributed by atoms with Gasteiger partial charge in [-0.3, -0.25) is 0 Å². The second kappa shape index (κ2) is 5.77. The number of sulfonamides is 1. The molecule has 0 heterocycles. The summed E-state index contributed by atoms with van der Waals surface area (Å²) in [5.74, 6) is -0.942. The average molecular weight is 281 g/mol. The Morgan fingerprint density at radius 1 is 1.53 bits per heavy atom. The smallest absolute Gasteiger partial charge is 0.243 e. The summed E-state index contributed by atoms with van der Waals surface area (Å²) < 4.78 is 39.2. The fourth-order valence-corrected chi connectivity index (χ4v) is 2.57. The first-order valence-electron chi connectivity index (χ1n) is 5.04. The van der Waals surface area contributed by atoms with Gasteiger partial charge in [-0.15, -0.1) is 0 Å². The van der Waals surface area contributed by atoms with Crippen LogP contribution < -0.4 is 10.5 Å². The van der Waals surface area contributed by atoms with Gasteiger partial charge in [0.1, 0.15) is 4.90 Å². The molecule has 1 aromatic rings. The number of hydrogen-bond donors (Lipinski definition) is 2. The fraction of sp³-hybridized carbons (Fsp3) is 0.400. The minimum Gasteiger partial charge on any atom is -0.328 e. The first-order chi connectivity index (χ1) is 7.84. The van der Waals surface area contributed by atoms with E-state index in [1.54, 1.807) is 6.92 Å². The standard InChI is InChI=1S/C10H14ClFN2O2S/c1-7(13)5-6-14-17(15,16)9-4-2-3-8(11)10(9)12/h2-4,7,14H,5-6,13H2,1H3/t7-/m1/s1. The van der Waals surface area contributed by atoms with Crippen molar-refractivity contribution >= 4 is 21.6 Å². The molecule has 0 unspecified atom stereocenters. The zero-order valence-electron chi connectivity index (χ0n) is 9.28. The fourth-order valence-electron chi connectivity index (χ4n) is 1.19. The van der Waals surface area contributed by atoms with E-state index in [2.05, 4.69) is 4.72 Å². The number of nitrogens with one attached hydrogen (secondary N) is 1. The number of hydrogen-bond acceptors (Lipinski definition) is 3. The predicted molar refractivity (Wildman–Crippen MR) is 64.9 cm³/mol. The van der Waals surface area contributed by atoms with E-state index < -0.39 is 20.7 Å². The van der Waals surface area contributed by atoms with Crippen molar-refractivity contribution in [2.24, 2.45) is 5.73 Å². The van der Waals surface area contributed by atoms with Crippen LogP contribution in [0.5, 0.6) is 0 Å². The van der Waals surface area contributed by atoms with Crippen molar-refractivity contribution in [2.45, 2.75) is 24.3 Å². The third-order valence-electron chi connectivity index (χ3n) is 2.10. The summed E-state index contributed by atoms with van der Waals surface area (Å²) in [5, 5.41) is -0.222. The zero-order chi connectivity index (χ0) is 13.1. The molecule has 0 saturated carbocycles. The highest BCUT2D eigenvalue weighted by Crippen LogP contribution is 2.21. The molecular weight excluding hydrogens is 267 g/mol. The molecule has 4 nitrogen and oxygen atoms in total. The monoisotopic (exact) mass is 280 g/mol. The van der Waals surface area contributed by atoms with Crippen molar-refractivity contribution in [1.82, 2.24) is 4.72 Å². The van der Waals surface area contributed by atoms with Crippen molar-refractivity contribution < 1.29 is 12.8 Å². The Labute approximate surface area is 105 Å². The van der Waals surface area contributed by atoms with Crippen molar-refractivity contribution in [3.63, 3.8) is 0 Å². The van der Waals surface area contributed by atoms with Gasteiger partial charge in [0.05, 0.1) is 5.02 Å². The molecule has 3 N–H and O–H groups in total. The lowest BCUT2D eigenvalue weighted by molar-refractivity contribution is 0.551. The van der Waals surface area contributed by atoms with Crippen LogP contribution in [0.2, 0.25) is 5.02 Å².